The smallest absolute Gasteiger partial charge is 0.336 e. The Morgan fingerprint density at radius 2 is 1.71 bits per heavy atom. The molecule has 4 nitrogen and oxygen atoms in total. The molecule has 24 heavy (non-hydrogen) atoms. The molecule has 0 amide bonds. The third-order valence-electron chi connectivity index (χ3n) is 4.04. The number of allylic oxidation sites excluding steroid dienone is 1. The van der Waals surface area contributed by atoms with Crippen LogP contribution >= 0.6 is 0 Å². The van der Waals surface area contributed by atoms with E-state index in [1.807, 2.05) is 54.6 Å². The molecular formula is C20H20O4. The highest BCUT2D eigenvalue weighted by Gasteiger charge is 2.32. The van der Waals surface area contributed by atoms with E-state index < -0.39 is 5.97 Å². The molecule has 0 atom stereocenters. The zero-order valence-corrected chi connectivity index (χ0v) is 13.6. The van der Waals surface area contributed by atoms with Gasteiger partial charge in [0, 0.05) is 7.11 Å². The predicted molar refractivity (Wildman–Crippen MR) is 92.6 cm³/mol. The van der Waals surface area contributed by atoms with E-state index in [-0.39, 0.29) is 6.79 Å². The van der Waals surface area contributed by atoms with Crippen molar-refractivity contribution in [2.45, 2.75) is 12.8 Å². The average molecular weight is 324 g/mol. The lowest BCUT2D eigenvalue weighted by Crippen LogP contribution is -2.05. The molecule has 1 saturated carbocycles. The quantitative estimate of drug-likeness (QED) is 0.474. The summed E-state index contributed by atoms with van der Waals surface area (Å²) in [5.41, 5.74) is 2.98. The number of carboxylic acid groups (broad SMARTS) is 1. The molecule has 1 aliphatic rings. The van der Waals surface area contributed by atoms with E-state index in [1.54, 1.807) is 7.11 Å². The third kappa shape index (κ3) is 3.66. The maximum absolute atomic E-state index is 12.0. The van der Waals surface area contributed by atoms with Crippen molar-refractivity contribution in [3.8, 4) is 5.75 Å². The molecule has 0 aliphatic heterocycles. The Morgan fingerprint density at radius 3 is 2.25 bits per heavy atom. The molecule has 0 aromatic heterocycles. The first kappa shape index (κ1) is 16.3. The maximum Gasteiger partial charge on any atom is 0.336 e. The fourth-order valence-electron chi connectivity index (χ4n) is 2.81. The molecule has 0 bridgehead atoms. The van der Waals surface area contributed by atoms with Crippen molar-refractivity contribution in [3.05, 3.63) is 65.7 Å². The number of hydrogen-bond donors (Lipinski definition) is 1. The van der Waals surface area contributed by atoms with Crippen LogP contribution in [0.1, 0.15) is 24.0 Å². The Kier molecular flexibility index (Phi) is 4.96. The van der Waals surface area contributed by atoms with E-state index in [0.717, 1.165) is 29.5 Å². The van der Waals surface area contributed by atoms with Gasteiger partial charge in [0.15, 0.2) is 6.79 Å². The third-order valence-corrected chi connectivity index (χ3v) is 4.04. The highest BCUT2D eigenvalue weighted by Crippen LogP contribution is 2.46. The summed E-state index contributed by atoms with van der Waals surface area (Å²) < 4.78 is 10.3. The molecule has 0 unspecified atom stereocenters. The highest BCUT2D eigenvalue weighted by atomic mass is 16.7. The van der Waals surface area contributed by atoms with Crippen molar-refractivity contribution in [1.82, 2.24) is 0 Å². The lowest BCUT2D eigenvalue weighted by atomic mass is 9.91. The van der Waals surface area contributed by atoms with Crippen LogP contribution in [0.2, 0.25) is 0 Å². The second-order valence-electron chi connectivity index (χ2n) is 5.81. The van der Waals surface area contributed by atoms with Gasteiger partial charge in [-0.2, -0.15) is 0 Å². The Bertz CT molecular complexity index is 728. The molecule has 0 radical (unpaired) electrons. The van der Waals surface area contributed by atoms with Gasteiger partial charge in [0.1, 0.15) is 5.75 Å². The van der Waals surface area contributed by atoms with Gasteiger partial charge in [0.05, 0.1) is 5.57 Å². The van der Waals surface area contributed by atoms with Crippen molar-refractivity contribution >= 4 is 17.1 Å². The Labute approximate surface area is 141 Å². The number of carboxylic acids is 1. The molecular weight excluding hydrogens is 304 g/mol. The van der Waals surface area contributed by atoms with Gasteiger partial charge in [0.2, 0.25) is 0 Å². The monoisotopic (exact) mass is 324 g/mol. The summed E-state index contributed by atoms with van der Waals surface area (Å²) in [4.78, 5) is 12.0. The first-order chi connectivity index (χ1) is 11.7. The fraction of sp³-hybridized carbons (Fsp3) is 0.250. The van der Waals surface area contributed by atoms with Gasteiger partial charge in [0.25, 0.3) is 0 Å². The number of hydrogen-bond acceptors (Lipinski definition) is 3. The SMILES string of the molecule is COCOc1ccc(/C(=C(\C(=O)O)c2ccccc2)C2CC2)cc1. The number of ether oxygens (including phenoxy) is 2. The van der Waals surface area contributed by atoms with E-state index in [9.17, 15) is 9.90 Å². The minimum atomic E-state index is -0.886. The number of carbonyl (C=O) groups is 1. The van der Waals surface area contributed by atoms with E-state index >= 15 is 0 Å². The van der Waals surface area contributed by atoms with Crippen LogP contribution in [0.4, 0.5) is 0 Å². The summed E-state index contributed by atoms with van der Waals surface area (Å²) in [5, 5.41) is 9.81. The van der Waals surface area contributed by atoms with Crippen LogP contribution in [0.25, 0.3) is 11.1 Å². The normalized spacial score (nSPS) is 14.9. The number of rotatable bonds is 7. The molecule has 1 aliphatic carbocycles. The van der Waals surface area contributed by atoms with E-state index in [1.165, 1.54) is 0 Å². The van der Waals surface area contributed by atoms with E-state index in [4.69, 9.17) is 9.47 Å². The fourth-order valence-corrected chi connectivity index (χ4v) is 2.81. The molecule has 2 aromatic carbocycles. The lowest BCUT2D eigenvalue weighted by molar-refractivity contribution is -0.130. The van der Waals surface area contributed by atoms with Crippen LogP contribution < -0.4 is 4.74 Å². The van der Waals surface area contributed by atoms with Crippen LogP contribution in [-0.4, -0.2) is 25.0 Å². The van der Waals surface area contributed by atoms with Gasteiger partial charge < -0.3 is 14.6 Å². The van der Waals surface area contributed by atoms with Crippen LogP contribution in [0.15, 0.2) is 54.6 Å². The molecule has 0 saturated heterocycles. The predicted octanol–water partition coefficient (Wildman–Crippen LogP) is 4.07. The lowest BCUT2D eigenvalue weighted by Gasteiger charge is -2.14. The first-order valence-electron chi connectivity index (χ1n) is 7.95. The molecule has 0 heterocycles. The van der Waals surface area contributed by atoms with Crippen molar-refractivity contribution in [2.24, 2.45) is 5.92 Å². The summed E-state index contributed by atoms with van der Waals surface area (Å²) >= 11 is 0. The number of methoxy groups -OCH3 is 1. The second-order valence-corrected chi connectivity index (χ2v) is 5.81. The minimum absolute atomic E-state index is 0.190. The summed E-state index contributed by atoms with van der Waals surface area (Å²) in [6.45, 7) is 0.190. The topological polar surface area (TPSA) is 55.8 Å². The largest absolute Gasteiger partial charge is 0.478 e. The van der Waals surface area contributed by atoms with Crippen molar-refractivity contribution in [1.29, 1.82) is 0 Å². The summed E-state index contributed by atoms with van der Waals surface area (Å²) in [7, 11) is 1.57. The average Bonchev–Trinajstić information content (AvgIpc) is 3.43. The number of aliphatic carboxylic acids is 1. The van der Waals surface area contributed by atoms with Gasteiger partial charge in [-0.15, -0.1) is 0 Å². The van der Waals surface area contributed by atoms with Crippen molar-refractivity contribution < 1.29 is 19.4 Å². The first-order valence-corrected chi connectivity index (χ1v) is 7.95. The van der Waals surface area contributed by atoms with E-state index in [0.29, 0.717) is 17.2 Å². The van der Waals surface area contributed by atoms with Crippen LogP contribution in [-0.2, 0) is 9.53 Å². The Morgan fingerprint density at radius 1 is 1.04 bits per heavy atom. The van der Waals surface area contributed by atoms with Gasteiger partial charge in [-0.3, -0.25) is 0 Å². The van der Waals surface area contributed by atoms with E-state index in [2.05, 4.69) is 0 Å². The minimum Gasteiger partial charge on any atom is -0.478 e. The molecule has 0 spiro atoms. The summed E-state index contributed by atoms with van der Waals surface area (Å²) in [6.07, 6.45) is 2.06. The molecule has 1 N–H and O–H groups in total. The van der Waals surface area contributed by atoms with Gasteiger partial charge >= 0.3 is 5.97 Å². The molecule has 1 fully saturated rings. The molecule has 2 aromatic rings. The zero-order valence-electron chi connectivity index (χ0n) is 13.6. The van der Waals surface area contributed by atoms with Crippen molar-refractivity contribution in [3.63, 3.8) is 0 Å². The second kappa shape index (κ2) is 7.32. The standard InChI is InChI=1S/C20H20O4/c1-23-13-24-17-11-9-16(10-12-17)18(15-7-8-15)19(20(21)22)14-5-3-2-4-6-14/h2-6,9-12,15H,7-8,13H2,1H3,(H,21,22)/b19-18-. The Hall–Kier alpha value is -2.59. The zero-order chi connectivity index (χ0) is 16.9. The van der Waals surface area contributed by atoms with Crippen LogP contribution in [0, 0.1) is 5.92 Å². The molecule has 124 valence electrons. The van der Waals surface area contributed by atoms with Crippen LogP contribution in [0.5, 0.6) is 5.75 Å². The highest BCUT2D eigenvalue weighted by molar-refractivity contribution is 6.24. The molecule has 4 heteroatoms. The summed E-state index contributed by atoms with van der Waals surface area (Å²) in [6, 6.07) is 16.9. The Balaban J connectivity index is 2.03. The van der Waals surface area contributed by atoms with Gasteiger partial charge in [-0.1, -0.05) is 42.5 Å². The summed E-state index contributed by atoms with van der Waals surface area (Å²) in [5.74, 6) is 0.122. The number of benzene rings is 2. The molecule has 3 rings (SSSR count). The van der Waals surface area contributed by atoms with Gasteiger partial charge in [-0.05, 0) is 47.6 Å². The maximum atomic E-state index is 12.0. The van der Waals surface area contributed by atoms with Crippen molar-refractivity contribution in [2.75, 3.05) is 13.9 Å². The van der Waals surface area contributed by atoms with Gasteiger partial charge in [-0.25, -0.2) is 4.79 Å². The van der Waals surface area contributed by atoms with Crippen LogP contribution in [0.3, 0.4) is 0 Å².